The van der Waals surface area contributed by atoms with E-state index in [1.165, 1.54) is 0 Å². The smallest absolute Gasteiger partial charge is 0.257 e. The van der Waals surface area contributed by atoms with Crippen LogP contribution >= 0.6 is 0 Å². The highest BCUT2D eigenvalue weighted by molar-refractivity contribution is 6.12. The molecule has 21 heavy (non-hydrogen) atoms. The van der Waals surface area contributed by atoms with E-state index >= 15 is 0 Å². The van der Waals surface area contributed by atoms with Crippen molar-refractivity contribution in [3.63, 3.8) is 0 Å². The molecular weight excluding hydrogens is 264 g/mol. The Morgan fingerprint density at radius 1 is 1.19 bits per heavy atom. The maximum atomic E-state index is 12.4. The van der Waals surface area contributed by atoms with Crippen molar-refractivity contribution < 1.29 is 9.53 Å². The second kappa shape index (κ2) is 5.32. The van der Waals surface area contributed by atoms with Crippen molar-refractivity contribution in [1.82, 2.24) is 4.98 Å². The number of aromatic nitrogens is 1. The van der Waals surface area contributed by atoms with Crippen LogP contribution in [0, 0.1) is 6.92 Å². The van der Waals surface area contributed by atoms with Crippen molar-refractivity contribution in [2.45, 2.75) is 6.92 Å². The molecule has 4 heteroatoms. The van der Waals surface area contributed by atoms with Crippen LogP contribution in [0.1, 0.15) is 15.9 Å². The molecule has 3 aromatic rings. The average Bonchev–Trinajstić information content (AvgIpc) is 2.91. The summed E-state index contributed by atoms with van der Waals surface area (Å²) in [6.07, 6.45) is 1.73. The molecule has 1 amide bonds. The van der Waals surface area contributed by atoms with E-state index in [0.717, 1.165) is 27.9 Å². The summed E-state index contributed by atoms with van der Waals surface area (Å²) < 4.78 is 5.22. The molecule has 0 saturated heterocycles. The van der Waals surface area contributed by atoms with Crippen LogP contribution in [0.15, 0.2) is 48.7 Å². The molecule has 0 saturated carbocycles. The van der Waals surface area contributed by atoms with Gasteiger partial charge in [-0.2, -0.15) is 0 Å². The van der Waals surface area contributed by atoms with Gasteiger partial charge in [0.1, 0.15) is 5.75 Å². The Morgan fingerprint density at radius 2 is 2.00 bits per heavy atom. The van der Waals surface area contributed by atoms with Crippen LogP contribution in [-0.2, 0) is 0 Å². The topological polar surface area (TPSA) is 54.1 Å². The first kappa shape index (κ1) is 13.2. The lowest BCUT2D eigenvalue weighted by atomic mass is 10.1. The van der Waals surface area contributed by atoms with Crippen molar-refractivity contribution in [1.29, 1.82) is 0 Å². The van der Waals surface area contributed by atoms with Crippen LogP contribution in [0.5, 0.6) is 5.75 Å². The van der Waals surface area contributed by atoms with Gasteiger partial charge in [0, 0.05) is 22.8 Å². The van der Waals surface area contributed by atoms with E-state index in [2.05, 4.69) is 10.3 Å². The number of ether oxygens (including phenoxy) is 1. The van der Waals surface area contributed by atoms with Crippen molar-refractivity contribution in [3.8, 4) is 5.75 Å². The zero-order valence-electron chi connectivity index (χ0n) is 11.9. The lowest BCUT2D eigenvalue weighted by Gasteiger charge is -2.08. The average molecular weight is 280 g/mol. The Morgan fingerprint density at radius 3 is 2.76 bits per heavy atom. The maximum Gasteiger partial charge on any atom is 0.257 e. The predicted molar refractivity (Wildman–Crippen MR) is 84.0 cm³/mol. The van der Waals surface area contributed by atoms with Gasteiger partial charge in [-0.25, -0.2) is 0 Å². The number of carbonyl (C=O) groups is 1. The number of aromatic amines is 1. The van der Waals surface area contributed by atoms with E-state index in [9.17, 15) is 4.79 Å². The van der Waals surface area contributed by atoms with Crippen LogP contribution in [0.4, 0.5) is 5.69 Å². The van der Waals surface area contributed by atoms with Gasteiger partial charge in [0.15, 0.2) is 0 Å². The molecule has 3 rings (SSSR count). The molecule has 0 fully saturated rings. The Hall–Kier alpha value is -2.75. The molecule has 0 unspecified atom stereocenters. The molecule has 0 spiro atoms. The molecule has 0 radical (unpaired) electrons. The Kier molecular flexibility index (Phi) is 3.36. The summed E-state index contributed by atoms with van der Waals surface area (Å²) in [7, 11) is 1.63. The molecule has 0 bridgehead atoms. The molecule has 2 aromatic carbocycles. The van der Waals surface area contributed by atoms with E-state index in [-0.39, 0.29) is 5.91 Å². The van der Waals surface area contributed by atoms with Gasteiger partial charge in [0.05, 0.1) is 12.7 Å². The molecule has 106 valence electrons. The monoisotopic (exact) mass is 280 g/mol. The number of para-hydroxylation sites is 1. The molecule has 0 aliphatic carbocycles. The highest BCUT2D eigenvalue weighted by Crippen LogP contribution is 2.23. The summed E-state index contributed by atoms with van der Waals surface area (Å²) in [5, 5.41) is 3.83. The number of carbonyl (C=O) groups excluding carboxylic acids is 1. The van der Waals surface area contributed by atoms with Gasteiger partial charge in [-0.15, -0.1) is 0 Å². The minimum Gasteiger partial charge on any atom is -0.496 e. The van der Waals surface area contributed by atoms with Crippen LogP contribution < -0.4 is 10.1 Å². The fraction of sp³-hybridized carbons (Fsp3) is 0.118. The van der Waals surface area contributed by atoms with Gasteiger partial charge in [-0.3, -0.25) is 4.79 Å². The first-order valence-electron chi connectivity index (χ1n) is 6.71. The van der Waals surface area contributed by atoms with Gasteiger partial charge in [-0.1, -0.05) is 18.2 Å². The third-order valence-electron chi connectivity index (χ3n) is 3.49. The van der Waals surface area contributed by atoms with Gasteiger partial charge in [-0.05, 0) is 36.8 Å². The first-order chi connectivity index (χ1) is 10.2. The predicted octanol–water partition coefficient (Wildman–Crippen LogP) is 3.74. The van der Waals surface area contributed by atoms with E-state index in [1.807, 2.05) is 49.4 Å². The molecule has 1 aromatic heterocycles. The third kappa shape index (κ3) is 2.48. The number of hydrogen-bond donors (Lipinski definition) is 2. The zero-order valence-corrected chi connectivity index (χ0v) is 11.9. The highest BCUT2D eigenvalue weighted by atomic mass is 16.5. The van der Waals surface area contributed by atoms with Crippen LogP contribution in [0.2, 0.25) is 0 Å². The minimum atomic E-state index is -0.128. The summed E-state index contributed by atoms with van der Waals surface area (Å²) >= 11 is 0. The maximum absolute atomic E-state index is 12.4. The molecule has 0 aliphatic heterocycles. The molecule has 0 atom stereocenters. The molecular formula is C17H16N2O2. The van der Waals surface area contributed by atoms with Crippen LogP contribution in [0.3, 0.4) is 0 Å². The number of rotatable bonds is 3. The summed E-state index contributed by atoms with van der Waals surface area (Å²) in [5.74, 6) is 0.678. The summed E-state index contributed by atoms with van der Waals surface area (Å²) in [6.45, 7) is 1.94. The molecule has 4 nitrogen and oxygen atoms in total. The number of nitrogens with one attached hydrogen (secondary N) is 2. The van der Waals surface area contributed by atoms with Crippen molar-refractivity contribution in [2.24, 2.45) is 0 Å². The summed E-state index contributed by atoms with van der Waals surface area (Å²) in [4.78, 5) is 15.5. The quantitative estimate of drug-likeness (QED) is 0.768. The largest absolute Gasteiger partial charge is 0.496 e. The fourth-order valence-electron chi connectivity index (χ4n) is 2.41. The van der Waals surface area contributed by atoms with Crippen molar-refractivity contribution in [3.05, 3.63) is 59.8 Å². The molecule has 2 N–H and O–H groups in total. The SMILES string of the molecule is COc1ccc(NC(=O)c2c[nH]c3ccccc23)cc1C. The Balaban J connectivity index is 1.88. The number of benzene rings is 2. The van der Waals surface area contributed by atoms with E-state index in [4.69, 9.17) is 4.74 Å². The minimum absolute atomic E-state index is 0.128. The second-order valence-corrected chi connectivity index (χ2v) is 4.89. The summed E-state index contributed by atoms with van der Waals surface area (Å²) in [5.41, 5.74) is 3.32. The molecule has 0 aliphatic rings. The fourth-order valence-corrected chi connectivity index (χ4v) is 2.41. The van der Waals surface area contributed by atoms with Crippen molar-refractivity contribution >= 4 is 22.5 Å². The second-order valence-electron chi connectivity index (χ2n) is 4.89. The highest BCUT2D eigenvalue weighted by Gasteiger charge is 2.12. The molecule has 1 heterocycles. The van der Waals surface area contributed by atoms with Gasteiger partial charge in [0.2, 0.25) is 0 Å². The number of aryl methyl sites for hydroxylation is 1. The van der Waals surface area contributed by atoms with E-state index in [1.54, 1.807) is 13.3 Å². The van der Waals surface area contributed by atoms with Gasteiger partial charge in [0.25, 0.3) is 5.91 Å². The number of fused-ring (bicyclic) bond motifs is 1. The van der Waals surface area contributed by atoms with E-state index < -0.39 is 0 Å². The lowest BCUT2D eigenvalue weighted by molar-refractivity contribution is 0.102. The van der Waals surface area contributed by atoms with Gasteiger partial charge < -0.3 is 15.0 Å². The van der Waals surface area contributed by atoms with E-state index in [0.29, 0.717) is 5.56 Å². The Bertz CT molecular complexity index is 805. The van der Waals surface area contributed by atoms with Gasteiger partial charge >= 0.3 is 0 Å². The zero-order chi connectivity index (χ0) is 14.8. The first-order valence-corrected chi connectivity index (χ1v) is 6.71. The third-order valence-corrected chi connectivity index (χ3v) is 3.49. The normalized spacial score (nSPS) is 10.6. The number of amides is 1. The summed E-state index contributed by atoms with van der Waals surface area (Å²) in [6, 6.07) is 13.3. The number of hydrogen-bond acceptors (Lipinski definition) is 2. The number of methoxy groups -OCH3 is 1. The number of anilines is 1. The Labute approximate surface area is 122 Å². The van der Waals surface area contributed by atoms with Crippen LogP contribution in [0.25, 0.3) is 10.9 Å². The number of H-pyrrole nitrogens is 1. The lowest BCUT2D eigenvalue weighted by Crippen LogP contribution is -2.11. The van der Waals surface area contributed by atoms with Crippen molar-refractivity contribution in [2.75, 3.05) is 12.4 Å². The standard InChI is InChI=1S/C17H16N2O2/c1-11-9-12(7-8-16(11)21-2)19-17(20)14-10-18-15-6-4-3-5-13(14)15/h3-10,18H,1-2H3,(H,19,20). The van der Waals surface area contributed by atoms with Crippen LogP contribution in [-0.4, -0.2) is 18.0 Å².